The van der Waals surface area contributed by atoms with Gasteiger partial charge in [0, 0.05) is 7.05 Å². The van der Waals surface area contributed by atoms with E-state index in [0.717, 1.165) is 0 Å². The van der Waals surface area contributed by atoms with Crippen molar-refractivity contribution in [3.05, 3.63) is 30.5 Å². The van der Waals surface area contributed by atoms with Gasteiger partial charge in [-0.1, -0.05) is 11.8 Å². The Labute approximate surface area is 118 Å². The third-order valence-corrected chi connectivity index (χ3v) is 3.54. The second-order valence-electron chi connectivity index (χ2n) is 3.91. The van der Waals surface area contributed by atoms with E-state index in [1.54, 1.807) is 23.9 Å². The lowest BCUT2D eigenvalue weighted by Crippen LogP contribution is -2.19. The van der Waals surface area contributed by atoms with Crippen LogP contribution in [0.15, 0.2) is 40.1 Å². The Morgan fingerprint density at radius 1 is 1.40 bits per heavy atom. The van der Waals surface area contributed by atoms with Crippen LogP contribution in [0.5, 0.6) is 0 Å². The highest BCUT2D eigenvalue weighted by molar-refractivity contribution is 7.99. The first kappa shape index (κ1) is 12.7. The number of hydrogen-bond acceptors (Lipinski definition) is 6. The van der Waals surface area contributed by atoms with Crippen LogP contribution in [0.25, 0.3) is 17.1 Å². The molecule has 20 heavy (non-hydrogen) atoms. The first-order chi connectivity index (χ1) is 9.78. The second-order valence-corrected chi connectivity index (χ2v) is 4.85. The molecule has 3 aromatic rings. The van der Waals surface area contributed by atoms with Gasteiger partial charge < -0.3 is 9.73 Å². The zero-order chi connectivity index (χ0) is 13.9. The Hall–Kier alpha value is -2.35. The van der Waals surface area contributed by atoms with E-state index in [4.69, 9.17) is 4.42 Å². The predicted molar refractivity (Wildman–Crippen MR) is 73.3 cm³/mol. The maximum Gasteiger partial charge on any atom is 0.230 e. The molecule has 0 fully saturated rings. The molecule has 0 bridgehead atoms. The van der Waals surface area contributed by atoms with Gasteiger partial charge in [-0.25, -0.2) is 0 Å². The summed E-state index contributed by atoms with van der Waals surface area (Å²) in [5.41, 5.74) is 1.31. The molecule has 0 saturated heterocycles. The molecule has 0 radical (unpaired) electrons. The van der Waals surface area contributed by atoms with Crippen LogP contribution >= 0.6 is 11.8 Å². The van der Waals surface area contributed by atoms with E-state index in [2.05, 4.69) is 20.6 Å². The Kier molecular flexibility index (Phi) is 3.38. The number of furan rings is 1. The van der Waals surface area contributed by atoms with Crippen LogP contribution in [0.1, 0.15) is 0 Å². The highest BCUT2D eigenvalue weighted by Gasteiger charge is 2.11. The van der Waals surface area contributed by atoms with Gasteiger partial charge in [0.15, 0.2) is 11.4 Å². The Morgan fingerprint density at radius 3 is 3.05 bits per heavy atom. The molecule has 0 aliphatic rings. The van der Waals surface area contributed by atoms with Gasteiger partial charge in [-0.05, 0) is 24.3 Å². The molecule has 102 valence electrons. The van der Waals surface area contributed by atoms with Crippen LogP contribution in [0.4, 0.5) is 0 Å². The molecule has 3 heterocycles. The summed E-state index contributed by atoms with van der Waals surface area (Å²) in [5, 5.41) is 15.6. The van der Waals surface area contributed by atoms with E-state index in [1.807, 2.05) is 18.2 Å². The van der Waals surface area contributed by atoms with Gasteiger partial charge >= 0.3 is 0 Å². The molecule has 8 heteroatoms. The number of hydrogen-bond donors (Lipinski definition) is 1. The van der Waals surface area contributed by atoms with E-state index < -0.39 is 0 Å². The van der Waals surface area contributed by atoms with Crippen LogP contribution < -0.4 is 5.32 Å². The SMILES string of the molecule is CNC(=O)CSc1nnc2ccc(-c3ccco3)nn12. The van der Waals surface area contributed by atoms with Crippen molar-refractivity contribution < 1.29 is 9.21 Å². The summed E-state index contributed by atoms with van der Waals surface area (Å²) in [7, 11) is 1.60. The molecule has 0 aliphatic heterocycles. The van der Waals surface area contributed by atoms with Gasteiger partial charge in [0.05, 0.1) is 12.0 Å². The van der Waals surface area contributed by atoms with Crippen molar-refractivity contribution in [2.75, 3.05) is 12.8 Å². The smallest absolute Gasteiger partial charge is 0.230 e. The van der Waals surface area contributed by atoms with E-state index in [0.29, 0.717) is 22.3 Å². The number of thioether (sulfide) groups is 1. The molecule has 1 N–H and O–H groups in total. The highest BCUT2D eigenvalue weighted by Crippen LogP contribution is 2.20. The summed E-state index contributed by atoms with van der Waals surface area (Å²) in [6.45, 7) is 0. The molecule has 0 aliphatic carbocycles. The average molecular weight is 289 g/mol. The Balaban J connectivity index is 1.93. The third-order valence-electron chi connectivity index (χ3n) is 2.62. The predicted octanol–water partition coefficient (Wildman–Crippen LogP) is 1.22. The van der Waals surface area contributed by atoms with Crippen LogP contribution in [-0.2, 0) is 4.79 Å². The summed E-state index contributed by atoms with van der Waals surface area (Å²) in [6.07, 6.45) is 1.59. The topological polar surface area (TPSA) is 85.3 Å². The number of carbonyl (C=O) groups excluding carboxylic acids is 1. The number of fused-ring (bicyclic) bond motifs is 1. The standard InChI is InChI=1S/C12H11N5O2S/c1-13-11(18)7-20-12-15-14-10-5-4-8(16-17(10)12)9-3-2-6-19-9/h2-6H,7H2,1H3,(H,13,18). The normalized spacial score (nSPS) is 10.8. The fraction of sp³-hybridized carbons (Fsp3) is 0.167. The van der Waals surface area contributed by atoms with Gasteiger partial charge in [-0.15, -0.1) is 10.2 Å². The lowest BCUT2D eigenvalue weighted by Gasteiger charge is -2.00. The van der Waals surface area contributed by atoms with Gasteiger partial charge in [-0.3, -0.25) is 4.79 Å². The first-order valence-corrected chi connectivity index (χ1v) is 6.86. The molecular formula is C12H11N5O2S. The highest BCUT2D eigenvalue weighted by atomic mass is 32.2. The van der Waals surface area contributed by atoms with E-state index >= 15 is 0 Å². The van der Waals surface area contributed by atoms with E-state index in [9.17, 15) is 4.79 Å². The van der Waals surface area contributed by atoms with Crippen molar-refractivity contribution in [1.29, 1.82) is 0 Å². The summed E-state index contributed by atoms with van der Waals surface area (Å²) >= 11 is 1.28. The average Bonchev–Trinajstić information content (AvgIpc) is 3.13. The van der Waals surface area contributed by atoms with Crippen LogP contribution in [0, 0.1) is 0 Å². The number of aromatic nitrogens is 4. The molecule has 7 nitrogen and oxygen atoms in total. The van der Waals surface area contributed by atoms with Gasteiger partial charge in [0.2, 0.25) is 11.1 Å². The molecular weight excluding hydrogens is 278 g/mol. The van der Waals surface area contributed by atoms with Gasteiger partial charge in [-0.2, -0.15) is 9.61 Å². The lowest BCUT2D eigenvalue weighted by atomic mass is 10.3. The summed E-state index contributed by atoms with van der Waals surface area (Å²) in [6, 6.07) is 7.25. The van der Waals surface area contributed by atoms with Crippen LogP contribution in [-0.4, -0.2) is 38.5 Å². The molecule has 3 aromatic heterocycles. The zero-order valence-electron chi connectivity index (χ0n) is 10.6. The van der Waals surface area contributed by atoms with Crippen molar-refractivity contribution >= 4 is 23.3 Å². The monoisotopic (exact) mass is 289 g/mol. The quantitative estimate of drug-likeness (QED) is 0.727. The number of carbonyl (C=O) groups is 1. The Morgan fingerprint density at radius 2 is 2.30 bits per heavy atom. The fourth-order valence-electron chi connectivity index (χ4n) is 1.62. The van der Waals surface area contributed by atoms with Crippen molar-refractivity contribution in [1.82, 2.24) is 25.1 Å². The minimum atomic E-state index is -0.0751. The van der Waals surface area contributed by atoms with Crippen molar-refractivity contribution in [3.8, 4) is 11.5 Å². The molecule has 3 rings (SSSR count). The maximum atomic E-state index is 11.3. The van der Waals surface area contributed by atoms with E-state index in [-0.39, 0.29) is 11.7 Å². The minimum absolute atomic E-state index is 0.0751. The molecule has 0 atom stereocenters. The van der Waals surface area contributed by atoms with Crippen LogP contribution in [0.3, 0.4) is 0 Å². The van der Waals surface area contributed by atoms with E-state index in [1.165, 1.54) is 11.8 Å². The minimum Gasteiger partial charge on any atom is -0.463 e. The molecule has 0 spiro atoms. The van der Waals surface area contributed by atoms with Crippen LogP contribution in [0.2, 0.25) is 0 Å². The number of nitrogens with one attached hydrogen (secondary N) is 1. The fourth-order valence-corrected chi connectivity index (χ4v) is 2.38. The largest absolute Gasteiger partial charge is 0.463 e. The summed E-state index contributed by atoms with van der Waals surface area (Å²) < 4.78 is 6.92. The van der Waals surface area contributed by atoms with Gasteiger partial charge in [0.25, 0.3) is 0 Å². The van der Waals surface area contributed by atoms with Crippen molar-refractivity contribution in [3.63, 3.8) is 0 Å². The molecule has 0 saturated carbocycles. The lowest BCUT2D eigenvalue weighted by molar-refractivity contribution is -0.118. The third kappa shape index (κ3) is 2.37. The van der Waals surface area contributed by atoms with Crippen molar-refractivity contribution in [2.24, 2.45) is 0 Å². The van der Waals surface area contributed by atoms with Crippen molar-refractivity contribution in [2.45, 2.75) is 5.16 Å². The summed E-state index contributed by atoms with van der Waals surface area (Å²) in [5.74, 6) is 0.862. The second kappa shape index (κ2) is 5.33. The molecule has 0 aromatic carbocycles. The number of rotatable bonds is 4. The maximum absolute atomic E-state index is 11.3. The zero-order valence-corrected chi connectivity index (χ0v) is 11.4. The first-order valence-electron chi connectivity index (χ1n) is 5.87. The number of amides is 1. The Bertz CT molecular complexity index is 737. The molecule has 1 amide bonds. The number of nitrogens with zero attached hydrogens (tertiary/aromatic N) is 4. The molecule has 0 unspecified atom stereocenters. The summed E-state index contributed by atoms with van der Waals surface area (Å²) in [4.78, 5) is 11.3. The van der Waals surface area contributed by atoms with Gasteiger partial charge in [0.1, 0.15) is 5.69 Å².